The molecule has 0 spiro atoms. The summed E-state index contributed by atoms with van der Waals surface area (Å²) in [4.78, 5) is 17.4. The highest BCUT2D eigenvalue weighted by Gasteiger charge is 2.33. The van der Waals surface area contributed by atoms with Gasteiger partial charge in [-0.25, -0.2) is 14.7 Å². The summed E-state index contributed by atoms with van der Waals surface area (Å²) < 4.78 is 8.89. The van der Waals surface area contributed by atoms with Gasteiger partial charge in [-0.05, 0) is 99.7 Å². The number of benzene rings is 5. The molecule has 7 heteroatoms. The molecule has 1 aliphatic rings. The topological polar surface area (TPSA) is 42.2 Å². The zero-order valence-corrected chi connectivity index (χ0v) is 34.3. The van der Waals surface area contributed by atoms with Crippen molar-refractivity contribution in [1.29, 1.82) is 0 Å². The Kier molecular flexibility index (Phi) is 8.89. The van der Waals surface area contributed by atoms with Crippen molar-refractivity contribution in [1.82, 2.24) is 9.55 Å². The van der Waals surface area contributed by atoms with Crippen molar-refractivity contribution in [3.63, 3.8) is 0 Å². The largest absolute Gasteiger partial charge is 0.459 e. The maximum atomic E-state index is 8.17. The van der Waals surface area contributed by atoms with E-state index in [0.29, 0.717) is 23.9 Å². The van der Waals surface area contributed by atoms with E-state index >= 15 is 0 Å². The quantitative estimate of drug-likeness (QED) is 0.164. The van der Waals surface area contributed by atoms with Gasteiger partial charge in [0.25, 0.3) is 0 Å². The average molecular weight is 749 g/mol. The van der Waals surface area contributed by atoms with Crippen molar-refractivity contribution < 1.29 is 4.74 Å². The van der Waals surface area contributed by atoms with E-state index in [-0.39, 0.29) is 16.2 Å². The van der Waals surface area contributed by atoms with Gasteiger partial charge in [-0.2, -0.15) is 0 Å². The number of fused-ring (bicyclic) bond motifs is 4. The average Bonchev–Trinajstić information content (AvgIpc) is 3.72. The summed E-state index contributed by atoms with van der Waals surface area (Å²) in [7, 11) is 0. The van der Waals surface area contributed by atoms with Crippen LogP contribution in [-0.4, -0.2) is 16.2 Å². The number of ether oxygens (including phenoxy) is 1. The summed E-state index contributed by atoms with van der Waals surface area (Å²) in [5.74, 6) is 2.10. The smallest absolute Gasteiger partial charge is 0.194 e. The van der Waals surface area contributed by atoms with Gasteiger partial charge in [-0.1, -0.05) is 92.6 Å². The molecule has 0 amide bonds. The van der Waals surface area contributed by atoms with Gasteiger partial charge in [0.2, 0.25) is 0 Å². The molecule has 7 nitrogen and oxygen atoms in total. The van der Waals surface area contributed by atoms with Crippen LogP contribution in [0.4, 0.5) is 34.1 Å². The summed E-state index contributed by atoms with van der Waals surface area (Å²) in [6, 6.07) is 37.4. The summed E-state index contributed by atoms with van der Waals surface area (Å²) >= 11 is 0. The Labute approximate surface area is 336 Å². The van der Waals surface area contributed by atoms with Crippen LogP contribution in [0.25, 0.3) is 37.3 Å². The molecule has 0 saturated carbocycles. The van der Waals surface area contributed by atoms with Crippen LogP contribution in [-0.2, 0) is 16.2 Å². The molecule has 0 radical (unpaired) electrons. The van der Waals surface area contributed by atoms with Crippen molar-refractivity contribution in [3.05, 3.63) is 155 Å². The van der Waals surface area contributed by atoms with Gasteiger partial charge >= 0.3 is 0 Å². The Morgan fingerprint density at radius 3 is 1.81 bits per heavy atom. The van der Waals surface area contributed by atoms with Gasteiger partial charge in [-0.15, -0.1) is 0 Å². The molecule has 5 aromatic carbocycles. The zero-order valence-electron chi connectivity index (χ0n) is 34.3. The van der Waals surface area contributed by atoms with Gasteiger partial charge < -0.3 is 14.5 Å². The van der Waals surface area contributed by atoms with E-state index in [2.05, 4.69) is 171 Å². The van der Waals surface area contributed by atoms with Crippen molar-refractivity contribution in [2.24, 2.45) is 0 Å². The molecule has 0 bridgehead atoms. The van der Waals surface area contributed by atoms with Crippen molar-refractivity contribution >= 4 is 55.9 Å². The first-order chi connectivity index (χ1) is 27.0. The monoisotopic (exact) mass is 748 g/mol. The van der Waals surface area contributed by atoms with Crippen molar-refractivity contribution in [3.8, 4) is 17.3 Å². The number of nitrogens with zero attached hydrogens (tertiary/aromatic N) is 6. The molecule has 0 saturated heterocycles. The normalized spacial score (nSPS) is 13.2. The number of para-hydroxylation sites is 3. The van der Waals surface area contributed by atoms with Gasteiger partial charge in [0.1, 0.15) is 24.0 Å². The van der Waals surface area contributed by atoms with E-state index in [1.54, 1.807) is 6.07 Å². The Balaban J connectivity index is 1.20. The van der Waals surface area contributed by atoms with Gasteiger partial charge in [0.05, 0.1) is 35.6 Å². The maximum Gasteiger partial charge on any atom is 0.194 e. The lowest BCUT2D eigenvalue weighted by molar-refractivity contribution is 0.483. The fourth-order valence-corrected chi connectivity index (χ4v) is 7.95. The van der Waals surface area contributed by atoms with Gasteiger partial charge in [0.15, 0.2) is 11.4 Å². The fraction of sp³-hybridized carbons (Fsp3) is 0.260. The highest BCUT2D eigenvalue weighted by Crippen LogP contribution is 2.49. The molecule has 7 aromatic rings. The second-order valence-electron chi connectivity index (χ2n) is 18.1. The first-order valence-corrected chi connectivity index (χ1v) is 19.5. The Morgan fingerprint density at radius 2 is 1.19 bits per heavy atom. The molecule has 0 N–H and O–H groups in total. The lowest BCUT2D eigenvalue weighted by Gasteiger charge is -2.31. The van der Waals surface area contributed by atoms with E-state index < -0.39 is 0 Å². The van der Waals surface area contributed by atoms with E-state index in [0.717, 1.165) is 67.2 Å². The van der Waals surface area contributed by atoms with Crippen LogP contribution in [0.15, 0.2) is 115 Å². The van der Waals surface area contributed by atoms with Gasteiger partial charge in [0, 0.05) is 40.5 Å². The lowest BCUT2D eigenvalue weighted by atomic mass is 9.78. The molecule has 2 aromatic heterocycles. The second-order valence-corrected chi connectivity index (χ2v) is 18.1. The van der Waals surface area contributed by atoms with E-state index in [1.165, 1.54) is 5.56 Å². The molecule has 0 atom stereocenters. The minimum Gasteiger partial charge on any atom is -0.459 e. The summed E-state index contributed by atoms with van der Waals surface area (Å²) in [5.41, 5.74) is 10.1. The number of hydrogen-bond donors (Lipinski definition) is 0. The number of pyridine rings is 1. The Hall–Kier alpha value is -6.57. The van der Waals surface area contributed by atoms with Crippen molar-refractivity contribution in [2.45, 2.75) is 78.6 Å². The van der Waals surface area contributed by atoms with Crippen LogP contribution < -0.4 is 14.5 Å². The minimum absolute atomic E-state index is 0.0307. The summed E-state index contributed by atoms with van der Waals surface area (Å²) in [6.45, 7) is 36.5. The second kappa shape index (κ2) is 13.6. The Bertz CT molecular complexity index is 2760. The number of anilines is 4. The molecule has 8 rings (SSSR count). The zero-order chi connectivity index (χ0) is 40.4. The molecular weight excluding hydrogens is 701 g/mol. The molecule has 284 valence electrons. The number of hydrogen-bond acceptors (Lipinski definition) is 4. The lowest BCUT2D eigenvalue weighted by Crippen LogP contribution is -2.25. The third kappa shape index (κ3) is 6.74. The minimum atomic E-state index is -0.227. The van der Waals surface area contributed by atoms with Crippen LogP contribution in [0.5, 0.6) is 11.5 Å². The standard InChI is InChI=1S/C50H48N6O/c1-48(2,3)32-22-23-53-46(24-32)56-42-17-13-12-16-38(42)39-21-20-36(30-45(39)56)57-37-26-33(51-10)25-34(27-37)54-31-55(44-19-15-14-18-43(44)54)35-28-40(49(4,5)6)47(52-11)41(29-35)50(7,8)9/h12-30H,31H2,1-9H3. The third-order valence-electron chi connectivity index (χ3n) is 10.9. The SMILES string of the molecule is [C-]#[N+]c1cc(Oc2ccc3c4ccccc4n(-c4cc(C(C)(C)C)ccn4)c3c2)cc(N2CN(c3cc(C(C)(C)C)c([N+]#[C-])c(C(C)(C)C)c3)c3ccccc32)c1. The highest BCUT2D eigenvalue weighted by molar-refractivity contribution is 6.09. The molecule has 3 heterocycles. The molecule has 0 unspecified atom stereocenters. The third-order valence-corrected chi connectivity index (χ3v) is 10.9. The molecule has 0 fully saturated rings. The predicted molar refractivity (Wildman–Crippen MR) is 236 cm³/mol. The van der Waals surface area contributed by atoms with E-state index in [1.807, 2.05) is 24.4 Å². The first-order valence-electron chi connectivity index (χ1n) is 19.5. The molecular formula is C50H48N6O. The highest BCUT2D eigenvalue weighted by atomic mass is 16.5. The summed E-state index contributed by atoms with van der Waals surface area (Å²) in [5, 5.41) is 2.25. The van der Waals surface area contributed by atoms with E-state index in [9.17, 15) is 0 Å². The van der Waals surface area contributed by atoms with Crippen LogP contribution in [0.3, 0.4) is 0 Å². The summed E-state index contributed by atoms with van der Waals surface area (Å²) in [6.07, 6.45) is 1.89. The predicted octanol–water partition coefficient (Wildman–Crippen LogP) is 14.2. The molecule has 57 heavy (non-hydrogen) atoms. The number of rotatable bonds is 5. The first kappa shape index (κ1) is 37.4. The van der Waals surface area contributed by atoms with E-state index in [4.69, 9.17) is 22.9 Å². The Morgan fingerprint density at radius 1 is 0.579 bits per heavy atom. The van der Waals surface area contributed by atoms with Gasteiger partial charge in [-0.3, -0.25) is 4.57 Å². The fourth-order valence-electron chi connectivity index (χ4n) is 7.95. The van der Waals surface area contributed by atoms with Crippen LogP contribution >= 0.6 is 0 Å². The molecule has 1 aliphatic heterocycles. The van der Waals surface area contributed by atoms with Crippen LogP contribution in [0.1, 0.15) is 79.0 Å². The maximum absolute atomic E-state index is 8.17. The van der Waals surface area contributed by atoms with Crippen LogP contribution in [0, 0.1) is 13.1 Å². The van der Waals surface area contributed by atoms with Crippen LogP contribution in [0.2, 0.25) is 0 Å². The molecule has 0 aliphatic carbocycles. The number of aromatic nitrogens is 2. The van der Waals surface area contributed by atoms with Crippen molar-refractivity contribution in [2.75, 3.05) is 16.5 Å².